The molecule has 0 spiro atoms. The van der Waals surface area contributed by atoms with Crippen LogP contribution in [-0.4, -0.2) is 23.3 Å². The molecule has 2 rings (SSSR count). The average molecular weight is 252 g/mol. The van der Waals surface area contributed by atoms with Gasteiger partial charge < -0.3 is 15.7 Å². The van der Waals surface area contributed by atoms with Crippen molar-refractivity contribution in [2.75, 3.05) is 11.9 Å². The van der Waals surface area contributed by atoms with Gasteiger partial charge in [-0.05, 0) is 38.3 Å². The van der Waals surface area contributed by atoms with E-state index in [4.69, 9.17) is 0 Å². The largest absolute Gasteiger partial charge is 0.388 e. The Bertz CT molecular complexity index is 458. The lowest BCUT2D eigenvalue weighted by atomic mass is 9.80. The fraction of sp³-hybridized carbons (Fsp3) is 0.462. The molecular weight excluding hydrogens is 235 g/mol. The van der Waals surface area contributed by atoms with E-state index in [1.165, 1.54) is 12.1 Å². The SMILES string of the molecule is Cc1c(F)cccc1NC(=O)NCC1(O)CCC1. The van der Waals surface area contributed by atoms with E-state index >= 15 is 0 Å². The highest BCUT2D eigenvalue weighted by Gasteiger charge is 2.34. The van der Waals surface area contributed by atoms with Gasteiger partial charge in [-0.3, -0.25) is 0 Å². The minimum atomic E-state index is -0.756. The maximum atomic E-state index is 13.3. The van der Waals surface area contributed by atoms with Gasteiger partial charge in [0, 0.05) is 17.8 Å². The third-order valence-electron chi connectivity index (χ3n) is 3.38. The molecule has 0 aliphatic heterocycles. The summed E-state index contributed by atoms with van der Waals surface area (Å²) in [6.45, 7) is 1.83. The van der Waals surface area contributed by atoms with Crippen molar-refractivity contribution in [2.24, 2.45) is 0 Å². The van der Waals surface area contributed by atoms with Crippen LogP contribution in [0.5, 0.6) is 0 Å². The monoisotopic (exact) mass is 252 g/mol. The Morgan fingerprint density at radius 2 is 2.22 bits per heavy atom. The number of nitrogens with one attached hydrogen (secondary N) is 2. The standard InChI is InChI=1S/C13H17FN2O2/c1-9-10(14)4-2-5-11(9)16-12(17)15-8-13(18)6-3-7-13/h2,4-5,18H,3,6-8H2,1H3,(H2,15,16,17). The molecule has 0 bridgehead atoms. The molecule has 3 N–H and O–H groups in total. The average Bonchev–Trinajstić information content (AvgIpc) is 2.30. The first-order chi connectivity index (χ1) is 8.50. The van der Waals surface area contributed by atoms with Crippen LogP contribution >= 0.6 is 0 Å². The molecule has 1 aromatic carbocycles. The predicted molar refractivity (Wildman–Crippen MR) is 67.0 cm³/mol. The van der Waals surface area contributed by atoms with Gasteiger partial charge in [0.2, 0.25) is 0 Å². The van der Waals surface area contributed by atoms with Gasteiger partial charge in [0.15, 0.2) is 0 Å². The number of anilines is 1. The molecule has 0 saturated heterocycles. The van der Waals surface area contributed by atoms with Gasteiger partial charge >= 0.3 is 6.03 Å². The number of urea groups is 1. The van der Waals surface area contributed by atoms with E-state index in [2.05, 4.69) is 10.6 Å². The third-order valence-corrected chi connectivity index (χ3v) is 3.38. The summed E-state index contributed by atoms with van der Waals surface area (Å²) in [6.07, 6.45) is 2.42. The number of halogens is 1. The summed E-state index contributed by atoms with van der Waals surface area (Å²) < 4.78 is 13.3. The quantitative estimate of drug-likeness (QED) is 0.772. The lowest BCUT2D eigenvalue weighted by Crippen LogP contribution is -2.48. The highest BCUT2D eigenvalue weighted by atomic mass is 19.1. The Labute approximate surface area is 105 Å². The van der Waals surface area contributed by atoms with Gasteiger partial charge in [-0.15, -0.1) is 0 Å². The zero-order valence-corrected chi connectivity index (χ0v) is 10.3. The number of hydrogen-bond acceptors (Lipinski definition) is 2. The maximum Gasteiger partial charge on any atom is 0.319 e. The first kappa shape index (κ1) is 12.8. The number of rotatable bonds is 3. The Morgan fingerprint density at radius 1 is 1.50 bits per heavy atom. The molecule has 1 aromatic rings. The van der Waals surface area contributed by atoms with E-state index in [1.807, 2.05) is 0 Å². The fourth-order valence-corrected chi connectivity index (χ4v) is 1.92. The van der Waals surface area contributed by atoms with Crippen LogP contribution < -0.4 is 10.6 Å². The van der Waals surface area contributed by atoms with Gasteiger partial charge in [0.05, 0.1) is 5.60 Å². The molecule has 0 unspecified atom stereocenters. The van der Waals surface area contributed by atoms with Crippen molar-refractivity contribution in [3.05, 3.63) is 29.6 Å². The molecule has 98 valence electrons. The second-order valence-corrected chi connectivity index (χ2v) is 4.80. The van der Waals surface area contributed by atoms with Crippen molar-refractivity contribution in [3.63, 3.8) is 0 Å². The van der Waals surface area contributed by atoms with Crippen molar-refractivity contribution in [1.29, 1.82) is 0 Å². The number of aliphatic hydroxyl groups is 1. The number of benzene rings is 1. The van der Waals surface area contributed by atoms with E-state index in [-0.39, 0.29) is 12.4 Å². The first-order valence-corrected chi connectivity index (χ1v) is 6.02. The molecule has 0 radical (unpaired) electrons. The minimum absolute atomic E-state index is 0.229. The fourth-order valence-electron chi connectivity index (χ4n) is 1.92. The van der Waals surface area contributed by atoms with Gasteiger partial charge in [-0.1, -0.05) is 6.07 Å². The lowest BCUT2D eigenvalue weighted by Gasteiger charge is -2.36. The molecule has 0 aromatic heterocycles. The predicted octanol–water partition coefficient (Wildman–Crippen LogP) is 2.17. The first-order valence-electron chi connectivity index (χ1n) is 6.02. The molecule has 4 nitrogen and oxygen atoms in total. The highest BCUT2D eigenvalue weighted by Crippen LogP contribution is 2.30. The van der Waals surface area contributed by atoms with Gasteiger partial charge in [-0.25, -0.2) is 9.18 Å². The van der Waals surface area contributed by atoms with Crippen molar-refractivity contribution in [3.8, 4) is 0 Å². The molecule has 0 heterocycles. The minimum Gasteiger partial charge on any atom is -0.388 e. The zero-order valence-electron chi connectivity index (χ0n) is 10.3. The summed E-state index contributed by atoms with van der Waals surface area (Å²) in [6, 6.07) is 4.09. The molecule has 1 fully saturated rings. The van der Waals surface area contributed by atoms with Crippen LogP contribution in [0.4, 0.5) is 14.9 Å². The summed E-state index contributed by atoms with van der Waals surface area (Å²) in [5, 5.41) is 15.0. The van der Waals surface area contributed by atoms with Crippen LogP contribution in [0.15, 0.2) is 18.2 Å². The lowest BCUT2D eigenvalue weighted by molar-refractivity contribution is -0.0287. The number of amides is 2. The number of hydrogen-bond donors (Lipinski definition) is 3. The van der Waals surface area contributed by atoms with E-state index in [0.717, 1.165) is 6.42 Å². The second-order valence-electron chi connectivity index (χ2n) is 4.80. The maximum absolute atomic E-state index is 13.3. The van der Waals surface area contributed by atoms with Gasteiger partial charge in [-0.2, -0.15) is 0 Å². The van der Waals surface area contributed by atoms with E-state index in [1.54, 1.807) is 13.0 Å². The summed E-state index contributed by atoms with van der Waals surface area (Å²) in [4.78, 5) is 11.6. The molecule has 2 amide bonds. The highest BCUT2D eigenvalue weighted by molar-refractivity contribution is 5.90. The molecule has 18 heavy (non-hydrogen) atoms. The van der Waals surface area contributed by atoms with Gasteiger partial charge in [0.1, 0.15) is 5.82 Å². The van der Waals surface area contributed by atoms with E-state index in [0.29, 0.717) is 24.1 Å². The number of carbonyl (C=O) groups excluding carboxylic acids is 1. The second kappa shape index (κ2) is 4.94. The summed E-state index contributed by atoms with van der Waals surface area (Å²) in [5.41, 5.74) is 0.0806. The zero-order chi connectivity index (χ0) is 13.2. The smallest absolute Gasteiger partial charge is 0.319 e. The molecule has 5 heteroatoms. The Balaban J connectivity index is 1.89. The summed E-state index contributed by atoms with van der Waals surface area (Å²) in [5.74, 6) is -0.356. The third kappa shape index (κ3) is 2.79. The van der Waals surface area contributed by atoms with Crippen LogP contribution in [0, 0.1) is 12.7 Å². The van der Waals surface area contributed by atoms with Crippen LogP contribution in [0.25, 0.3) is 0 Å². The van der Waals surface area contributed by atoms with Crippen molar-refractivity contribution >= 4 is 11.7 Å². The van der Waals surface area contributed by atoms with Crippen molar-refractivity contribution in [1.82, 2.24) is 5.32 Å². The van der Waals surface area contributed by atoms with Crippen LogP contribution in [0.1, 0.15) is 24.8 Å². The van der Waals surface area contributed by atoms with Gasteiger partial charge in [0.25, 0.3) is 0 Å². The summed E-state index contributed by atoms with van der Waals surface area (Å²) >= 11 is 0. The van der Waals surface area contributed by atoms with Crippen LogP contribution in [-0.2, 0) is 0 Å². The normalized spacial score (nSPS) is 16.8. The number of carbonyl (C=O) groups is 1. The molecule has 1 aliphatic carbocycles. The molecular formula is C13H17FN2O2. The van der Waals surface area contributed by atoms with Crippen LogP contribution in [0.2, 0.25) is 0 Å². The summed E-state index contributed by atoms with van der Waals surface area (Å²) in [7, 11) is 0. The molecule has 1 aliphatic rings. The van der Waals surface area contributed by atoms with Crippen molar-refractivity contribution < 1.29 is 14.3 Å². The Morgan fingerprint density at radius 3 is 2.83 bits per heavy atom. The van der Waals surface area contributed by atoms with E-state index in [9.17, 15) is 14.3 Å². The van der Waals surface area contributed by atoms with Crippen LogP contribution in [0.3, 0.4) is 0 Å². The van der Waals surface area contributed by atoms with E-state index < -0.39 is 11.6 Å². The topological polar surface area (TPSA) is 61.4 Å². The van der Waals surface area contributed by atoms with Crippen molar-refractivity contribution in [2.45, 2.75) is 31.8 Å². The Hall–Kier alpha value is -1.62. The molecule has 0 atom stereocenters. The Kier molecular flexibility index (Phi) is 3.52. The molecule has 1 saturated carbocycles.